The smallest absolute Gasteiger partial charge is 0.252 e. The Hall–Kier alpha value is -2.47. The number of hydrogen-bond acceptors (Lipinski definition) is 5. The zero-order chi connectivity index (χ0) is 18.0. The monoisotopic (exact) mass is 341 g/mol. The molecule has 0 fully saturated rings. The molecule has 0 radical (unpaired) electrons. The van der Waals surface area contributed by atoms with Crippen LogP contribution in [0.25, 0.3) is 0 Å². The van der Waals surface area contributed by atoms with Crippen molar-refractivity contribution in [1.82, 2.24) is 14.9 Å². The summed E-state index contributed by atoms with van der Waals surface area (Å²) < 4.78 is 5.16. The molecule has 1 aliphatic rings. The maximum atomic E-state index is 12.3. The van der Waals surface area contributed by atoms with E-state index in [9.17, 15) is 9.90 Å². The van der Waals surface area contributed by atoms with Gasteiger partial charge in [-0.25, -0.2) is 9.97 Å². The zero-order valence-electron chi connectivity index (χ0n) is 14.8. The highest BCUT2D eigenvalue weighted by Gasteiger charge is 2.30. The Morgan fingerprint density at radius 2 is 2.00 bits per heavy atom. The van der Waals surface area contributed by atoms with Gasteiger partial charge in [0.05, 0.1) is 19.3 Å². The Morgan fingerprint density at radius 3 is 2.64 bits per heavy atom. The second-order valence-electron chi connectivity index (χ2n) is 6.67. The summed E-state index contributed by atoms with van der Waals surface area (Å²) in [5, 5.41) is 9.99. The first-order valence-electron chi connectivity index (χ1n) is 8.41. The van der Waals surface area contributed by atoms with Gasteiger partial charge in [-0.15, -0.1) is 0 Å². The van der Waals surface area contributed by atoms with Gasteiger partial charge in [0.2, 0.25) is 0 Å². The van der Waals surface area contributed by atoms with Crippen molar-refractivity contribution < 1.29 is 14.6 Å². The Labute approximate surface area is 147 Å². The summed E-state index contributed by atoms with van der Waals surface area (Å²) in [6, 6.07) is 7.81. The lowest BCUT2D eigenvalue weighted by Gasteiger charge is -2.21. The standard InChI is InChI=1S/C19H23N3O3/c1-12(2)18(23)19(24)22-10-14-9-20-17(21-16(14)11-22)8-13-4-6-15(25-3)7-5-13/h4-7,9,12,18,23H,8,10-11H2,1-3H3. The van der Waals surface area contributed by atoms with Crippen LogP contribution >= 0.6 is 0 Å². The van der Waals surface area contributed by atoms with Gasteiger partial charge in [0.15, 0.2) is 0 Å². The van der Waals surface area contributed by atoms with Gasteiger partial charge in [-0.2, -0.15) is 0 Å². The van der Waals surface area contributed by atoms with Crippen molar-refractivity contribution in [3.63, 3.8) is 0 Å². The van der Waals surface area contributed by atoms with E-state index in [1.165, 1.54) is 0 Å². The van der Waals surface area contributed by atoms with Crippen LogP contribution in [0.2, 0.25) is 0 Å². The fraction of sp³-hybridized carbons (Fsp3) is 0.421. The number of fused-ring (bicyclic) bond motifs is 1. The third-order valence-corrected chi connectivity index (χ3v) is 4.42. The number of ether oxygens (including phenoxy) is 1. The third kappa shape index (κ3) is 3.79. The Morgan fingerprint density at radius 1 is 1.28 bits per heavy atom. The highest BCUT2D eigenvalue weighted by molar-refractivity contribution is 5.81. The van der Waals surface area contributed by atoms with E-state index in [1.807, 2.05) is 38.1 Å². The van der Waals surface area contributed by atoms with E-state index in [2.05, 4.69) is 9.97 Å². The molecule has 2 heterocycles. The van der Waals surface area contributed by atoms with Crippen molar-refractivity contribution in [3.8, 4) is 5.75 Å². The van der Waals surface area contributed by atoms with Crippen molar-refractivity contribution in [2.75, 3.05) is 7.11 Å². The summed E-state index contributed by atoms with van der Waals surface area (Å²) in [5.74, 6) is 1.19. The molecule has 25 heavy (non-hydrogen) atoms. The molecular weight excluding hydrogens is 318 g/mol. The van der Waals surface area contributed by atoms with Crippen LogP contribution in [0.15, 0.2) is 30.5 Å². The van der Waals surface area contributed by atoms with Crippen LogP contribution in [0.4, 0.5) is 0 Å². The molecule has 1 amide bonds. The van der Waals surface area contributed by atoms with Gasteiger partial charge in [-0.05, 0) is 23.6 Å². The number of aliphatic hydroxyl groups is 1. The normalized spacial score (nSPS) is 14.5. The molecule has 2 aromatic rings. The van der Waals surface area contributed by atoms with Gasteiger partial charge in [0.1, 0.15) is 17.7 Å². The molecule has 1 unspecified atom stereocenters. The molecule has 0 spiro atoms. The first-order chi connectivity index (χ1) is 12.0. The van der Waals surface area contributed by atoms with E-state index in [4.69, 9.17) is 4.74 Å². The van der Waals surface area contributed by atoms with Crippen LogP contribution in [0, 0.1) is 5.92 Å². The topological polar surface area (TPSA) is 75.6 Å². The summed E-state index contributed by atoms with van der Waals surface area (Å²) in [7, 11) is 1.64. The van der Waals surface area contributed by atoms with Gasteiger partial charge in [-0.1, -0.05) is 26.0 Å². The van der Waals surface area contributed by atoms with E-state index in [-0.39, 0.29) is 11.8 Å². The van der Waals surface area contributed by atoms with Gasteiger partial charge < -0.3 is 14.7 Å². The highest BCUT2D eigenvalue weighted by Crippen LogP contribution is 2.23. The molecule has 3 rings (SSSR count). The zero-order valence-corrected chi connectivity index (χ0v) is 14.8. The van der Waals surface area contributed by atoms with Gasteiger partial charge in [0, 0.05) is 24.7 Å². The van der Waals surface area contributed by atoms with Gasteiger partial charge in [-0.3, -0.25) is 4.79 Å². The average molecular weight is 341 g/mol. The molecule has 6 nitrogen and oxygen atoms in total. The lowest BCUT2D eigenvalue weighted by atomic mass is 10.1. The number of aromatic nitrogens is 2. The Balaban J connectivity index is 1.70. The number of benzene rings is 1. The van der Waals surface area contributed by atoms with E-state index >= 15 is 0 Å². The maximum Gasteiger partial charge on any atom is 0.252 e. The van der Waals surface area contributed by atoms with Crippen molar-refractivity contribution in [3.05, 3.63) is 53.1 Å². The highest BCUT2D eigenvalue weighted by atomic mass is 16.5. The lowest BCUT2D eigenvalue weighted by molar-refractivity contribution is -0.143. The van der Waals surface area contributed by atoms with E-state index in [1.54, 1.807) is 18.2 Å². The molecule has 1 aromatic carbocycles. The predicted molar refractivity (Wildman–Crippen MR) is 92.9 cm³/mol. The van der Waals surface area contributed by atoms with Crippen LogP contribution in [-0.4, -0.2) is 39.1 Å². The number of rotatable bonds is 5. The molecular formula is C19H23N3O3. The fourth-order valence-corrected chi connectivity index (χ4v) is 2.83. The van der Waals surface area contributed by atoms with Gasteiger partial charge >= 0.3 is 0 Å². The molecule has 1 atom stereocenters. The summed E-state index contributed by atoms with van der Waals surface area (Å²) in [5.41, 5.74) is 2.91. The minimum Gasteiger partial charge on any atom is -0.497 e. The van der Waals surface area contributed by atoms with Crippen LogP contribution in [0.3, 0.4) is 0 Å². The summed E-state index contributed by atoms with van der Waals surface area (Å²) >= 11 is 0. The van der Waals surface area contributed by atoms with Crippen LogP contribution in [0.5, 0.6) is 5.75 Å². The van der Waals surface area contributed by atoms with E-state index < -0.39 is 6.10 Å². The molecule has 0 saturated carbocycles. The number of methoxy groups -OCH3 is 1. The third-order valence-electron chi connectivity index (χ3n) is 4.42. The Kier molecular flexibility index (Phi) is 4.99. The van der Waals surface area contributed by atoms with Crippen molar-refractivity contribution >= 4 is 5.91 Å². The summed E-state index contributed by atoms with van der Waals surface area (Å²) in [6.07, 6.45) is 1.44. The molecule has 0 saturated heterocycles. The number of amides is 1. The number of nitrogens with zero attached hydrogens (tertiary/aromatic N) is 3. The molecule has 0 aliphatic carbocycles. The molecule has 6 heteroatoms. The first kappa shape index (κ1) is 17.4. The fourth-order valence-electron chi connectivity index (χ4n) is 2.83. The molecule has 1 N–H and O–H groups in total. The number of carbonyl (C=O) groups excluding carboxylic acids is 1. The van der Waals surface area contributed by atoms with E-state index in [0.29, 0.717) is 19.5 Å². The molecule has 132 valence electrons. The number of hydrogen-bond donors (Lipinski definition) is 1. The predicted octanol–water partition coefficient (Wildman–Crippen LogP) is 1.94. The second-order valence-corrected chi connectivity index (χ2v) is 6.67. The second kappa shape index (κ2) is 7.19. The number of aliphatic hydroxyl groups excluding tert-OH is 1. The van der Waals surface area contributed by atoms with Crippen molar-refractivity contribution in [1.29, 1.82) is 0 Å². The largest absolute Gasteiger partial charge is 0.497 e. The Bertz CT molecular complexity index is 759. The van der Waals surface area contributed by atoms with Crippen LogP contribution in [-0.2, 0) is 24.3 Å². The maximum absolute atomic E-state index is 12.3. The molecule has 0 bridgehead atoms. The van der Waals surface area contributed by atoms with Crippen LogP contribution in [0.1, 0.15) is 36.5 Å². The van der Waals surface area contributed by atoms with E-state index in [0.717, 1.165) is 28.4 Å². The quantitative estimate of drug-likeness (QED) is 0.899. The van der Waals surface area contributed by atoms with Crippen molar-refractivity contribution in [2.24, 2.45) is 5.92 Å². The number of carbonyl (C=O) groups is 1. The van der Waals surface area contributed by atoms with Crippen LogP contribution < -0.4 is 4.74 Å². The molecule has 1 aliphatic heterocycles. The van der Waals surface area contributed by atoms with Gasteiger partial charge in [0.25, 0.3) is 5.91 Å². The molecule has 1 aromatic heterocycles. The summed E-state index contributed by atoms with van der Waals surface area (Å²) in [6.45, 7) is 4.55. The lowest BCUT2D eigenvalue weighted by Crippen LogP contribution is -2.38. The minimum atomic E-state index is -0.971. The summed E-state index contributed by atoms with van der Waals surface area (Å²) in [4.78, 5) is 23.0. The first-order valence-corrected chi connectivity index (χ1v) is 8.41. The average Bonchev–Trinajstić information content (AvgIpc) is 3.04. The minimum absolute atomic E-state index is 0.104. The van der Waals surface area contributed by atoms with Crippen molar-refractivity contribution in [2.45, 2.75) is 39.5 Å². The SMILES string of the molecule is COc1ccc(Cc2ncc3c(n2)CN(C(=O)C(O)C(C)C)C3)cc1.